The minimum atomic E-state index is -0.653. The fourth-order valence-electron chi connectivity index (χ4n) is 4.74. The van der Waals surface area contributed by atoms with E-state index in [1.807, 2.05) is 17.9 Å². The Balaban J connectivity index is 1.53. The maximum atomic E-state index is 12.8. The quantitative estimate of drug-likeness (QED) is 0.911. The van der Waals surface area contributed by atoms with Gasteiger partial charge in [0.05, 0.1) is 22.8 Å². The van der Waals surface area contributed by atoms with Gasteiger partial charge in [0.2, 0.25) is 5.91 Å². The van der Waals surface area contributed by atoms with E-state index >= 15 is 0 Å². The smallest absolute Gasteiger partial charge is 0.261 e. The second-order valence-corrected chi connectivity index (χ2v) is 7.71. The summed E-state index contributed by atoms with van der Waals surface area (Å²) in [7, 11) is 0. The van der Waals surface area contributed by atoms with Crippen molar-refractivity contribution in [1.29, 1.82) is 0 Å². The van der Waals surface area contributed by atoms with E-state index < -0.39 is 5.60 Å². The zero-order chi connectivity index (χ0) is 18.3. The number of nitrogens with zero attached hydrogens (tertiary/aromatic N) is 3. The van der Waals surface area contributed by atoms with E-state index in [9.17, 15) is 14.7 Å². The van der Waals surface area contributed by atoms with Crippen LogP contribution in [0.15, 0.2) is 35.4 Å². The molecule has 6 heteroatoms. The van der Waals surface area contributed by atoms with Crippen LogP contribution in [-0.2, 0) is 11.3 Å². The van der Waals surface area contributed by atoms with Gasteiger partial charge in [-0.2, -0.15) is 0 Å². The number of benzene rings is 1. The zero-order valence-electron chi connectivity index (χ0n) is 15.1. The van der Waals surface area contributed by atoms with Crippen LogP contribution in [0.4, 0.5) is 0 Å². The lowest BCUT2D eigenvalue weighted by molar-refractivity contribution is -0.131. The zero-order valence-corrected chi connectivity index (χ0v) is 15.1. The Morgan fingerprint density at radius 1 is 1.35 bits per heavy atom. The molecule has 2 aromatic rings. The molecule has 138 valence electrons. The molecule has 0 unspecified atom stereocenters. The third kappa shape index (κ3) is 2.82. The summed E-state index contributed by atoms with van der Waals surface area (Å²) in [4.78, 5) is 31.5. The van der Waals surface area contributed by atoms with E-state index in [0.717, 1.165) is 25.7 Å². The van der Waals surface area contributed by atoms with Gasteiger partial charge in [-0.3, -0.25) is 14.2 Å². The van der Waals surface area contributed by atoms with Crippen LogP contribution in [-0.4, -0.2) is 44.2 Å². The maximum Gasteiger partial charge on any atom is 0.261 e. The van der Waals surface area contributed by atoms with Crippen LogP contribution in [0.2, 0.25) is 0 Å². The molecular weight excluding hydrogens is 330 g/mol. The van der Waals surface area contributed by atoms with Crippen molar-refractivity contribution in [2.75, 3.05) is 13.1 Å². The van der Waals surface area contributed by atoms with Gasteiger partial charge in [-0.1, -0.05) is 25.5 Å². The lowest BCUT2D eigenvalue weighted by Crippen LogP contribution is -2.45. The second-order valence-electron chi connectivity index (χ2n) is 7.71. The van der Waals surface area contributed by atoms with Crippen LogP contribution >= 0.6 is 0 Å². The van der Waals surface area contributed by atoms with Crippen molar-refractivity contribution < 1.29 is 9.90 Å². The number of carbonyl (C=O) groups excluding carboxylic acids is 1. The first-order chi connectivity index (χ1) is 12.5. The number of rotatable bonds is 3. The summed E-state index contributed by atoms with van der Waals surface area (Å²) in [6, 6.07) is 7.16. The Hall–Kier alpha value is -2.21. The van der Waals surface area contributed by atoms with Crippen LogP contribution in [0.5, 0.6) is 0 Å². The highest BCUT2D eigenvalue weighted by Crippen LogP contribution is 2.44. The van der Waals surface area contributed by atoms with Gasteiger partial charge in [0.25, 0.3) is 5.56 Å². The van der Waals surface area contributed by atoms with E-state index in [1.165, 1.54) is 10.9 Å². The topological polar surface area (TPSA) is 75.4 Å². The molecule has 1 aromatic carbocycles. The predicted octanol–water partition coefficient (Wildman–Crippen LogP) is 1.80. The third-order valence-electron chi connectivity index (χ3n) is 6.32. The SMILES string of the molecule is CC[C@]1(O)CCC[C@H]2CN(C(=O)Cn3cnc4ccccc4c3=O)C[C@H]21. The molecule has 1 aliphatic heterocycles. The van der Waals surface area contributed by atoms with Crippen LogP contribution in [0, 0.1) is 11.8 Å². The number of aliphatic hydroxyl groups is 1. The van der Waals surface area contributed by atoms with Gasteiger partial charge in [0, 0.05) is 19.0 Å². The molecule has 3 atom stereocenters. The highest BCUT2D eigenvalue weighted by Gasteiger charge is 2.48. The fraction of sp³-hybridized carbons (Fsp3) is 0.550. The van der Waals surface area contributed by atoms with Gasteiger partial charge in [-0.25, -0.2) is 4.98 Å². The molecule has 1 saturated heterocycles. The summed E-state index contributed by atoms with van der Waals surface area (Å²) < 4.78 is 1.39. The molecule has 2 fully saturated rings. The molecule has 6 nitrogen and oxygen atoms in total. The van der Waals surface area contributed by atoms with E-state index in [0.29, 0.717) is 29.9 Å². The first-order valence-electron chi connectivity index (χ1n) is 9.46. The minimum absolute atomic E-state index is 0.000656. The molecule has 2 aliphatic rings. The number of para-hydroxylation sites is 1. The maximum absolute atomic E-state index is 12.8. The summed E-state index contributed by atoms with van der Waals surface area (Å²) in [6.45, 7) is 3.29. The monoisotopic (exact) mass is 355 g/mol. The van der Waals surface area contributed by atoms with E-state index in [1.54, 1.807) is 18.2 Å². The number of fused-ring (bicyclic) bond motifs is 2. The Kier molecular flexibility index (Phi) is 4.31. The lowest BCUT2D eigenvalue weighted by Gasteiger charge is -2.40. The molecule has 2 heterocycles. The van der Waals surface area contributed by atoms with Gasteiger partial charge in [0.1, 0.15) is 6.54 Å². The van der Waals surface area contributed by atoms with Gasteiger partial charge in [-0.05, 0) is 37.3 Å². The Labute approximate surface area is 152 Å². The van der Waals surface area contributed by atoms with Crippen molar-refractivity contribution in [2.24, 2.45) is 11.8 Å². The van der Waals surface area contributed by atoms with E-state index in [2.05, 4.69) is 4.98 Å². The van der Waals surface area contributed by atoms with Crippen LogP contribution in [0.1, 0.15) is 32.6 Å². The molecule has 0 spiro atoms. The van der Waals surface area contributed by atoms with Gasteiger partial charge < -0.3 is 10.0 Å². The predicted molar refractivity (Wildman–Crippen MR) is 98.7 cm³/mol. The normalized spacial score (nSPS) is 28.3. The molecule has 0 bridgehead atoms. The fourth-order valence-corrected chi connectivity index (χ4v) is 4.74. The van der Waals surface area contributed by atoms with E-state index in [4.69, 9.17) is 0 Å². The average Bonchev–Trinajstić information content (AvgIpc) is 3.10. The average molecular weight is 355 g/mol. The molecule has 0 radical (unpaired) electrons. The van der Waals surface area contributed by atoms with Crippen LogP contribution in [0.25, 0.3) is 10.9 Å². The highest BCUT2D eigenvalue weighted by atomic mass is 16.3. The molecule has 1 aromatic heterocycles. The number of hydrogen-bond acceptors (Lipinski definition) is 4. The summed E-state index contributed by atoms with van der Waals surface area (Å²) in [5, 5.41) is 11.4. The number of likely N-dealkylation sites (tertiary alicyclic amines) is 1. The standard InChI is InChI=1S/C20H25N3O3/c1-2-20(26)9-5-6-14-10-22(11-16(14)20)18(24)12-23-13-21-17-8-4-3-7-15(17)19(23)25/h3-4,7-8,13-14,16,26H,2,5-6,9-12H2,1H3/t14-,16+,20-/m0/s1. The summed E-state index contributed by atoms with van der Waals surface area (Å²) in [5.41, 5.74) is -0.203. The Bertz CT molecular complexity index is 893. The molecule has 4 rings (SSSR count). The number of aromatic nitrogens is 2. The molecule has 1 N–H and O–H groups in total. The van der Waals surface area contributed by atoms with Crippen molar-refractivity contribution in [3.8, 4) is 0 Å². The van der Waals surface area contributed by atoms with Crippen LogP contribution < -0.4 is 5.56 Å². The number of amides is 1. The molecule has 1 amide bonds. The van der Waals surface area contributed by atoms with Crippen molar-refractivity contribution in [1.82, 2.24) is 14.5 Å². The van der Waals surface area contributed by atoms with Crippen molar-refractivity contribution in [3.05, 3.63) is 40.9 Å². The molecular formula is C20H25N3O3. The van der Waals surface area contributed by atoms with Gasteiger partial charge >= 0.3 is 0 Å². The molecule has 26 heavy (non-hydrogen) atoms. The first-order valence-corrected chi connectivity index (χ1v) is 9.46. The highest BCUT2D eigenvalue weighted by molar-refractivity contribution is 5.79. The second kappa shape index (κ2) is 6.50. The summed E-state index contributed by atoms with van der Waals surface area (Å²) in [5.74, 6) is 0.442. The molecule has 1 saturated carbocycles. The number of hydrogen-bond donors (Lipinski definition) is 1. The van der Waals surface area contributed by atoms with Crippen molar-refractivity contribution >= 4 is 16.8 Å². The van der Waals surface area contributed by atoms with Crippen molar-refractivity contribution in [2.45, 2.75) is 44.8 Å². The van der Waals surface area contributed by atoms with E-state index in [-0.39, 0.29) is 23.9 Å². The van der Waals surface area contributed by atoms with Gasteiger partial charge in [0.15, 0.2) is 0 Å². The largest absolute Gasteiger partial charge is 0.390 e. The molecule has 1 aliphatic carbocycles. The summed E-state index contributed by atoms with van der Waals surface area (Å²) >= 11 is 0. The Morgan fingerprint density at radius 3 is 2.96 bits per heavy atom. The number of carbonyl (C=O) groups is 1. The minimum Gasteiger partial charge on any atom is -0.390 e. The lowest BCUT2D eigenvalue weighted by atomic mass is 9.69. The van der Waals surface area contributed by atoms with Gasteiger partial charge in [-0.15, -0.1) is 0 Å². The Morgan fingerprint density at radius 2 is 2.15 bits per heavy atom. The van der Waals surface area contributed by atoms with Crippen molar-refractivity contribution in [3.63, 3.8) is 0 Å². The first kappa shape index (κ1) is 17.2. The summed E-state index contributed by atoms with van der Waals surface area (Å²) in [6.07, 6.45) is 5.08. The van der Waals surface area contributed by atoms with Crippen LogP contribution in [0.3, 0.4) is 0 Å². The third-order valence-corrected chi connectivity index (χ3v) is 6.32.